The predicted octanol–water partition coefficient (Wildman–Crippen LogP) is 2.48. The number of amides is 1. The van der Waals surface area contributed by atoms with E-state index < -0.39 is 5.97 Å². The minimum atomic E-state index is -0.459. The maximum Gasteiger partial charge on any atom is 0.338 e. The highest BCUT2D eigenvalue weighted by Gasteiger charge is 2.13. The minimum Gasteiger partial charge on any atom is -0.459 e. The van der Waals surface area contributed by atoms with E-state index in [4.69, 9.17) is 4.74 Å². The van der Waals surface area contributed by atoms with Gasteiger partial charge in [-0.15, -0.1) is 0 Å². The number of hydrogen-bond donors (Lipinski definition) is 1. The van der Waals surface area contributed by atoms with Crippen molar-refractivity contribution < 1.29 is 14.3 Å². The second-order valence-corrected chi connectivity index (χ2v) is 6.67. The maximum atomic E-state index is 12.3. The van der Waals surface area contributed by atoms with Crippen LogP contribution in [0.4, 0.5) is 5.69 Å². The first-order valence-corrected chi connectivity index (χ1v) is 9.26. The SMILES string of the molecule is CSc1nc(C)cc(=O)n1CC(=O)Nc1cccc(C(=O)OC(C)C)c1. The number of esters is 1. The van der Waals surface area contributed by atoms with E-state index in [2.05, 4.69) is 10.3 Å². The smallest absolute Gasteiger partial charge is 0.338 e. The van der Waals surface area contributed by atoms with Gasteiger partial charge in [-0.2, -0.15) is 0 Å². The molecule has 1 aromatic heterocycles. The van der Waals surface area contributed by atoms with Crippen molar-refractivity contribution in [1.82, 2.24) is 9.55 Å². The summed E-state index contributed by atoms with van der Waals surface area (Å²) in [6, 6.07) is 7.85. The third kappa shape index (κ3) is 5.19. The normalized spacial score (nSPS) is 10.7. The number of anilines is 1. The number of ether oxygens (including phenoxy) is 1. The fourth-order valence-electron chi connectivity index (χ4n) is 2.25. The van der Waals surface area contributed by atoms with Gasteiger partial charge >= 0.3 is 5.97 Å². The fraction of sp³-hybridized carbons (Fsp3) is 0.333. The van der Waals surface area contributed by atoms with Crippen molar-refractivity contribution >= 4 is 29.3 Å². The van der Waals surface area contributed by atoms with Crippen LogP contribution in [-0.2, 0) is 16.1 Å². The van der Waals surface area contributed by atoms with Crippen molar-refractivity contribution in [1.29, 1.82) is 0 Å². The van der Waals surface area contributed by atoms with Gasteiger partial charge in [0, 0.05) is 17.4 Å². The van der Waals surface area contributed by atoms with Crippen molar-refractivity contribution in [2.45, 2.75) is 38.6 Å². The molecule has 0 radical (unpaired) electrons. The molecule has 2 aromatic rings. The molecule has 2 rings (SSSR count). The topological polar surface area (TPSA) is 90.3 Å². The molecule has 0 bridgehead atoms. The second kappa shape index (κ2) is 8.66. The van der Waals surface area contributed by atoms with Crippen molar-refractivity contribution in [2.75, 3.05) is 11.6 Å². The van der Waals surface area contributed by atoms with Crippen LogP contribution in [0.25, 0.3) is 0 Å². The van der Waals surface area contributed by atoms with Gasteiger partial charge in [0.05, 0.1) is 11.7 Å². The number of nitrogens with zero attached hydrogens (tertiary/aromatic N) is 2. The Labute approximate surface area is 155 Å². The Morgan fingerprint density at radius 3 is 2.69 bits per heavy atom. The lowest BCUT2D eigenvalue weighted by molar-refractivity contribution is -0.116. The Balaban J connectivity index is 2.14. The highest BCUT2D eigenvalue weighted by molar-refractivity contribution is 7.98. The minimum absolute atomic E-state index is 0.164. The molecule has 8 heteroatoms. The first-order chi connectivity index (χ1) is 12.3. The molecule has 0 saturated heterocycles. The maximum absolute atomic E-state index is 12.3. The zero-order valence-corrected chi connectivity index (χ0v) is 15.9. The Hall–Kier alpha value is -2.61. The summed E-state index contributed by atoms with van der Waals surface area (Å²) in [6.07, 6.45) is 1.56. The molecule has 0 aliphatic heterocycles. The van der Waals surface area contributed by atoms with Crippen LogP contribution in [0.3, 0.4) is 0 Å². The standard InChI is InChI=1S/C18H21N3O4S/c1-11(2)25-17(24)13-6-5-7-14(9-13)20-15(22)10-21-16(23)8-12(3)19-18(21)26-4/h5-9,11H,10H2,1-4H3,(H,20,22). The van der Waals surface area contributed by atoms with Crippen molar-refractivity contribution in [3.05, 3.63) is 51.9 Å². The number of thioether (sulfide) groups is 1. The van der Waals surface area contributed by atoms with Gasteiger partial charge in [0.25, 0.3) is 5.56 Å². The van der Waals surface area contributed by atoms with E-state index in [1.807, 2.05) is 0 Å². The molecule has 0 aliphatic rings. The summed E-state index contributed by atoms with van der Waals surface area (Å²) in [6.45, 7) is 5.09. The molecular formula is C18H21N3O4S. The van der Waals surface area contributed by atoms with Gasteiger partial charge in [-0.1, -0.05) is 17.8 Å². The lowest BCUT2D eigenvalue weighted by Gasteiger charge is -2.12. The van der Waals surface area contributed by atoms with Crippen LogP contribution in [0, 0.1) is 6.92 Å². The van der Waals surface area contributed by atoms with Crippen molar-refractivity contribution in [3.8, 4) is 0 Å². The van der Waals surface area contributed by atoms with Gasteiger partial charge < -0.3 is 10.1 Å². The lowest BCUT2D eigenvalue weighted by Crippen LogP contribution is -2.29. The van der Waals surface area contributed by atoms with Gasteiger partial charge in [0.2, 0.25) is 5.91 Å². The largest absolute Gasteiger partial charge is 0.459 e. The lowest BCUT2D eigenvalue weighted by atomic mass is 10.2. The summed E-state index contributed by atoms with van der Waals surface area (Å²) >= 11 is 1.29. The number of rotatable bonds is 6. The van der Waals surface area contributed by atoms with E-state index in [-0.39, 0.29) is 24.1 Å². The Bertz CT molecular complexity index is 877. The van der Waals surface area contributed by atoms with Gasteiger partial charge in [0.15, 0.2) is 5.16 Å². The van der Waals surface area contributed by atoms with Crippen LogP contribution in [0.5, 0.6) is 0 Å². The molecular weight excluding hydrogens is 354 g/mol. The zero-order chi connectivity index (χ0) is 19.3. The summed E-state index contributed by atoms with van der Waals surface area (Å²) in [5.74, 6) is -0.845. The van der Waals surface area contributed by atoms with Gasteiger partial charge in [-0.05, 0) is 45.2 Å². The highest BCUT2D eigenvalue weighted by atomic mass is 32.2. The molecule has 1 heterocycles. The number of nitrogens with one attached hydrogen (secondary N) is 1. The van der Waals surface area contributed by atoms with Crippen LogP contribution in [-0.4, -0.2) is 33.8 Å². The van der Waals surface area contributed by atoms with Crippen LogP contribution >= 0.6 is 11.8 Å². The molecule has 7 nitrogen and oxygen atoms in total. The molecule has 26 heavy (non-hydrogen) atoms. The van der Waals surface area contributed by atoms with E-state index in [1.165, 1.54) is 28.5 Å². The molecule has 0 unspecified atom stereocenters. The average molecular weight is 375 g/mol. The number of aryl methyl sites for hydroxylation is 1. The van der Waals surface area contributed by atoms with Gasteiger partial charge in [-0.25, -0.2) is 9.78 Å². The monoisotopic (exact) mass is 375 g/mol. The summed E-state index contributed by atoms with van der Waals surface area (Å²) in [4.78, 5) is 40.7. The summed E-state index contributed by atoms with van der Waals surface area (Å²) in [5, 5.41) is 3.16. The van der Waals surface area contributed by atoms with E-state index in [9.17, 15) is 14.4 Å². The zero-order valence-electron chi connectivity index (χ0n) is 15.1. The van der Waals surface area contributed by atoms with E-state index in [0.29, 0.717) is 22.1 Å². The number of aromatic nitrogens is 2. The van der Waals surface area contributed by atoms with Gasteiger partial charge in [-0.3, -0.25) is 14.2 Å². The second-order valence-electron chi connectivity index (χ2n) is 5.89. The molecule has 0 saturated carbocycles. The first-order valence-electron chi connectivity index (χ1n) is 8.03. The summed E-state index contributed by atoms with van der Waals surface area (Å²) < 4.78 is 6.45. The highest BCUT2D eigenvalue weighted by Crippen LogP contribution is 2.14. The first kappa shape index (κ1) is 19.7. The average Bonchev–Trinajstić information content (AvgIpc) is 2.56. The number of carbonyl (C=O) groups excluding carboxylic acids is 2. The Morgan fingerprint density at radius 2 is 2.04 bits per heavy atom. The summed E-state index contributed by atoms with van der Waals surface area (Å²) in [5.41, 5.74) is 1.11. The number of benzene rings is 1. The van der Waals surface area contributed by atoms with Crippen molar-refractivity contribution in [2.24, 2.45) is 0 Å². The molecule has 1 N–H and O–H groups in total. The van der Waals surface area contributed by atoms with Gasteiger partial charge in [0.1, 0.15) is 6.54 Å². The number of carbonyl (C=O) groups is 2. The van der Waals surface area contributed by atoms with Crippen molar-refractivity contribution in [3.63, 3.8) is 0 Å². The molecule has 0 atom stereocenters. The molecule has 138 valence electrons. The molecule has 0 fully saturated rings. The molecule has 1 amide bonds. The van der Waals surface area contributed by atoms with Crippen LogP contribution < -0.4 is 10.9 Å². The fourth-order valence-corrected chi connectivity index (χ4v) is 2.86. The van der Waals surface area contributed by atoms with E-state index in [0.717, 1.165) is 0 Å². The Morgan fingerprint density at radius 1 is 1.31 bits per heavy atom. The molecule has 0 spiro atoms. The van der Waals surface area contributed by atoms with Crippen LogP contribution in [0.15, 0.2) is 40.3 Å². The molecule has 1 aromatic carbocycles. The van der Waals surface area contributed by atoms with E-state index >= 15 is 0 Å². The van der Waals surface area contributed by atoms with Crippen LogP contribution in [0.2, 0.25) is 0 Å². The third-order valence-corrected chi connectivity index (χ3v) is 3.99. The quantitative estimate of drug-likeness (QED) is 0.474. The summed E-state index contributed by atoms with van der Waals surface area (Å²) in [7, 11) is 0. The molecule has 0 aliphatic carbocycles. The number of hydrogen-bond acceptors (Lipinski definition) is 6. The van der Waals surface area contributed by atoms with Crippen LogP contribution in [0.1, 0.15) is 29.9 Å². The third-order valence-electron chi connectivity index (χ3n) is 3.31. The Kier molecular flexibility index (Phi) is 6.57. The van der Waals surface area contributed by atoms with E-state index in [1.54, 1.807) is 45.2 Å². The predicted molar refractivity (Wildman–Crippen MR) is 101 cm³/mol.